The van der Waals surface area contributed by atoms with Crippen LogP contribution in [-0.2, 0) is 16.1 Å². The Bertz CT molecular complexity index is 746. The van der Waals surface area contributed by atoms with Gasteiger partial charge in [0.2, 0.25) is 0 Å². The molecule has 7 heteroatoms. The first kappa shape index (κ1) is 18.3. The summed E-state index contributed by atoms with van der Waals surface area (Å²) in [6.07, 6.45) is 0. The summed E-state index contributed by atoms with van der Waals surface area (Å²) in [5, 5.41) is 2.44. The topological polar surface area (TPSA) is 73.9 Å². The summed E-state index contributed by atoms with van der Waals surface area (Å²) in [6.45, 7) is -0.141. The summed E-state index contributed by atoms with van der Waals surface area (Å²) in [5.41, 5.74) is 0.943. The van der Waals surface area contributed by atoms with Gasteiger partial charge in [-0.2, -0.15) is 0 Å². The van der Waals surface area contributed by atoms with Gasteiger partial charge in [-0.15, -0.1) is 0 Å². The van der Waals surface area contributed by atoms with E-state index in [-0.39, 0.29) is 30.5 Å². The van der Waals surface area contributed by atoms with Gasteiger partial charge in [-0.05, 0) is 35.9 Å². The Hall–Kier alpha value is -3.09. The average Bonchev–Trinajstić information content (AvgIpc) is 2.65. The average molecular weight is 347 g/mol. The molecule has 0 saturated carbocycles. The van der Waals surface area contributed by atoms with Crippen LogP contribution in [0.5, 0.6) is 11.5 Å². The van der Waals surface area contributed by atoms with Crippen molar-refractivity contribution in [2.75, 3.05) is 20.8 Å². The van der Waals surface area contributed by atoms with Gasteiger partial charge in [-0.3, -0.25) is 4.79 Å². The second-order valence-corrected chi connectivity index (χ2v) is 5.03. The van der Waals surface area contributed by atoms with Crippen molar-refractivity contribution >= 4 is 11.9 Å². The largest absolute Gasteiger partial charge is 0.493 e. The number of amides is 1. The van der Waals surface area contributed by atoms with Crippen LogP contribution >= 0.6 is 0 Å². The van der Waals surface area contributed by atoms with Crippen molar-refractivity contribution in [3.05, 3.63) is 59.4 Å². The number of halogens is 1. The number of methoxy groups -OCH3 is 1. The SMILES string of the molecule is CNC(=O)COc1ccc(C(=O)OCc2ccc(F)cc2)cc1OC. The van der Waals surface area contributed by atoms with Crippen molar-refractivity contribution in [2.24, 2.45) is 0 Å². The molecule has 0 aliphatic carbocycles. The third kappa shape index (κ3) is 5.20. The van der Waals surface area contributed by atoms with Gasteiger partial charge in [0.05, 0.1) is 12.7 Å². The maximum absolute atomic E-state index is 12.8. The minimum absolute atomic E-state index is 0.0242. The van der Waals surface area contributed by atoms with E-state index in [4.69, 9.17) is 14.2 Å². The minimum atomic E-state index is -0.555. The Morgan fingerprint density at radius 2 is 1.80 bits per heavy atom. The lowest BCUT2D eigenvalue weighted by atomic mass is 10.2. The zero-order valence-electron chi connectivity index (χ0n) is 13.9. The van der Waals surface area contributed by atoms with Crippen LogP contribution in [-0.4, -0.2) is 32.6 Å². The van der Waals surface area contributed by atoms with Crippen LogP contribution in [0.2, 0.25) is 0 Å². The number of benzene rings is 2. The summed E-state index contributed by atoms with van der Waals surface area (Å²) in [5.74, 6) is -0.557. The molecule has 0 aromatic heterocycles. The first-order valence-corrected chi connectivity index (χ1v) is 7.46. The number of esters is 1. The van der Waals surface area contributed by atoms with Gasteiger partial charge in [0.25, 0.3) is 5.91 Å². The Balaban J connectivity index is 2.01. The molecule has 6 nitrogen and oxygen atoms in total. The quantitative estimate of drug-likeness (QED) is 0.778. The first-order chi connectivity index (χ1) is 12.0. The summed E-state index contributed by atoms with van der Waals surface area (Å²) < 4.78 is 28.5. The lowest BCUT2D eigenvalue weighted by Crippen LogP contribution is -2.24. The normalized spacial score (nSPS) is 10.0. The predicted molar refractivity (Wildman–Crippen MR) is 88.1 cm³/mol. The second kappa shape index (κ2) is 8.68. The molecule has 2 aromatic rings. The molecule has 1 N–H and O–H groups in total. The summed E-state index contributed by atoms with van der Waals surface area (Å²) in [6, 6.07) is 10.2. The first-order valence-electron chi connectivity index (χ1n) is 7.46. The van der Waals surface area contributed by atoms with E-state index < -0.39 is 5.97 Å². The van der Waals surface area contributed by atoms with E-state index in [1.54, 1.807) is 12.1 Å². The summed E-state index contributed by atoms with van der Waals surface area (Å²) in [4.78, 5) is 23.3. The van der Waals surface area contributed by atoms with Crippen molar-refractivity contribution in [3.63, 3.8) is 0 Å². The fraction of sp³-hybridized carbons (Fsp3) is 0.222. The van der Waals surface area contributed by atoms with E-state index in [0.717, 1.165) is 0 Å². The number of rotatable bonds is 7. The molecule has 0 atom stereocenters. The maximum Gasteiger partial charge on any atom is 0.338 e. The Labute approximate surface area is 144 Å². The van der Waals surface area contributed by atoms with Gasteiger partial charge >= 0.3 is 5.97 Å². The van der Waals surface area contributed by atoms with Crippen molar-refractivity contribution in [1.29, 1.82) is 0 Å². The van der Waals surface area contributed by atoms with Crippen LogP contribution in [0.25, 0.3) is 0 Å². The van der Waals surface area contributed by atoms with Crippen LogP contribution in [0.3, 0.4) is 0 Å². The van der Waals surface area contributed by atoms with Crippen molar-refractivity contribution in [3.8, 4) is 11.5 Å². The van der Waals surface area contributed by atoms with E-state index in [2.05, 4.69) is 5.32 Å². The van der Waals surface area contributed by atoms with Crippen molar-refractivity contribution in [2.45, 2.75) is 6.61 Å². The molecular formula is C18H18FNO5. The number of hydrogen-bond donors (Lipinski definition) is 1. The molecule has 0 aliphatic rings. The molecule has 2 rings (SSSR count). The monoisotopic (exact) mass is 347 g/mol. The fourth-order valence-corrected chi connectivity index (χ4v) is 1.94. The number of carbonyl (C=O) groups excluding carboxylic acids is 2. The van der Waals surface area contributed by atoms with E-state index in [0.29, 0.717) is 17.1 Å². The van der Waals surface area contributed by atoms with E-state index in [9.17, 15) is 14.0 Å². The van der Waals surface area contributed by atoms with Crippen LogP contribution < -0.4 is 14.8 Å². The van der Waals surface area contributed by atoms with Gasteiger partial charge in [0.15, 0.2) is 18.1 Å². The Morgan fingerprint density at radius 1 is 1.08 bits per heavy atom. The van der Waals surface area contributed by atoms with Gasteiger partial charge in [-0.1, -0.05) is 12.1 Å². The number of likely N-dealkylation sites (N-methyl/N-ethyl adjacent to an activating group) is 1. The molecule has 0 fully saturated rings. The van der Waals surface area contributed by atoms with Crippen LogP contribution in [0.1, 0.15) is 15.9 Å². The third-order valence-corrected chi connectivity index (χ3v) is 3.32. The fourth-order valence-electron chi connectivity index (χ4n) is 1.94. The number of carbonyl (C=O) groups is 2. The lowest BCUT2D eigenvalue weighted by Gasteiger charge is -2.11. The van der Waals surface area contributed by atoms with Crippen LogP contribution in [0, 0.1) is 5.82 Å². The van der Waals surface area contributed by atoms with Crippen LogP contribution in [0.15, 0.2) is 42.5 Å². The van der Waals surface area contributed by atoms with E-state index in [1.807, 2.05) is 0 Å². The molecule has 0 spiro atoms. The Kier molecular flexibility index (Phi) is 6.33. The standard InChI is InChI=1S/C18H18FNO5/c1-20-17(21)11-24-15-8-5-13(9-16(15)23-2)18(22)25-10-12-3-6-14(19)7-4-12/h3-9H,10-11H2,1-2H3,(H,20,21). The molecule has 0 unspecified atom stereocenters. The zero-order chi connectivity index (χ0) is 18.2. The van der Waals surface area contributed by atoms with E-state index in [1.165, 1.54) is 44.5 Å². The second-order valence-electron chi connectivity index (χ2n) is 5.03. The van der Waals surface area contributed by atoms with Crippen molar-refractivity contribution < 1.29 is 28.2 Å². The molecule has 132 valence electrons. The molecule has 0 aliphatic heterocycles. The third-order valence-electron chi connectivity index (χ3n) is 3.32. The van der Waals surface area contributed by atoms with Gasteiger partial charge < -0.3 is 19.5 Å². The molecule has 25 heavy (non-hydrogen) atoms. The van der Waals surface area contributed by atoms with E-state index >= 15 is 0 Å². The molecule has 1 amide bonds. The molecule has 0 saturated heterocycles. The Morgan fingerprint density at radius 3 is 2.44 bits per heavy atom. The highest BCUT2D eigenvalue weighted by Gasteiger charge is 2.13. The lowest BCUT2D eigenvalue weighted by molar-refractivity contribution is -0.122. The molecular weight excluding hydrogens is 329 g/mol. The predicted octanol–water partition coefficient (Wildman–Crippen LogP) is 2.32. The van der Waals surface area contributed by atoms with Gasteiger partial charge in [0, 0.05) is 7.05 Å². The molecule has 0 heterocycles. The number of ether oxygens (including phenoxy) is 3. The highest BCUT2D eigenvalue weighted by atomic mass is 19.1. The molecule has 0 bridgehead atoms. The number of nitrogens with one attached hydrogen (secondary N) is 1. The van der Waals surface area contributed by atoms with Crippen LogP contribution in [0.4, 0.5) is 4.39 Å². The summed E-state index contributed by atoms with van der Waals surface area (Å²) >= 11 is 0. The smallest absolute Gasteiger partial charge is 0.338 e. The zero-order valence-corrected chi connectivity index (χ0v) is 13.9. The highest BCUT2D eigenvalue weighted by molar-refractivity contribution is 5.90. The van der Waals surface area contributed by atoms with Crippen molar-refractivity contribution in [1.82, 2.24) is 5.32 Å². The molecule has 0 radical (unpaired) electrons. The number of hydrogen-bond acceptors (Lipinski definition) is 5. The highest BCUT2D eigenvalue weighted by Crippen LogP contribution is 2.28. The maximum atomic E-state index is 12.8. The van der Waals surface area contributed by atoms with Gasteiger partial charge in [-0.25, -0.2) is 9.18 Å². The molecule has 2 aromatic carbocycles. The van der Waals surface area contributed by atoms with Gasteiger partial charge in [0.1, 0.15) is 12.4 Å². The minimum Gasteiger partial charge on any atom is -0.493 e. The summed E-state index contributed by atoms with van der Waals surface area (Å²) in [7, 11) is 2.93.